The van der Waals surface area contributed by atoms with Crippen molar-refractivity contribution < 1.29 is 17.6 Å². The SMILES string of the molecule is CCC(C)CNC(=O)c1ccccc1N1CCC(NS(=O)(=O)c2ccc(F)cc2)CC1. The third-order valence-corrected chi connectivity index (χ3v) is 7.27. The number of anilines is 1. The molecule has 0 spiro atoms. The topological polar surface area (TPSA) is 78.5 Å². The fourth-order valence-electron chi connectivity index (χ4n) is 3.59. The number of amides is 1. The van der Waals surface area contributed by atoms with E-state index in [0.717, 1.165) is 24.2 Å². The van der Waals surface area contributed by atoms with Crippen molar-refractivity contribution in [2.45, 2.75) is 44.0 Å². The van der Waals surface area contributed by atoms with Gasteiger partial charge in [-0.3, -0.25) is 4.79 Å². The first-order valence-electron chi connectivity index (χ1n) is 10.7. The minimum Gasteiger partial charge on any atom is -0.371 e. The van der Waals surface area contributed by atoms with Crippen molar-refractivity contribution in [3.05, 3.63) is 59.9 Å². The summed E-state index contributed by atoms with van der Waals surface area (Å²) in [5.74, 6) is -0.143. The van der Waals surface area contributed by atoms with Crippen molar-refractivity contribution in [1.82, 2.24) is 10.0 Å². The highest BCUT2D eigenvalue weighted by molar-refractivity contribution is 7.89. The maximum atomic E-state index is 13.1. The molecule has 1 saturated heterocycles. The number of rotatable bonds is 8. The van der Waals surface area contributed by atoms with Gasteiger partial charge in [0.05, 0.1) is 10.5 Å². The van der Waals surface area contributed by atoms with Gasteiger partial charge in [-0.25, -0.2) is 17.5 Å². The van der Waals surface area contributed by atoms with Gasteiger partial charge in [-0.2, -0.15) is 0 Å². The van der Waals surface area contributed by atoms with Gasteiger partial charge in [0.1, 0.15) is 5.82 Å². The summed E-state index contributed by atoms with van der Waals surface area (Å²) in [5, 5.41) is 3.01. The lowest BCUT2D eigenvalue weighted by molar-refractivity contribution is 0.0948. The van der Waals surface area contributed by atoms with Crippen LogP contribution < -0.4 is 14.9 Å². The van der Waals surface area contributed by atoms with Crippen LogP contribution >= 0.6 is 0 Å². The lowest BCUT2D eigenvalue weighted by Crippen LogP contribution is -2.45. The number of para-hydroxylation sites is 1. The van der Waals surface area contributed by atoms with E-state index in [0.29, 0.717) is 44.0 Å². The zero-order chi connectivity index (χ0) is 22.4. The molecule has 1 amide bonds. The Morgan fingerprint density at radius 1 is 1.13 bits per heavy atom. The summed E-state index contributed by atoms with van der Waals surface area (Å²) in [4.78, 5) is 14.9. The highest BCUT2D eigenvalue weighted by atomic mass is 32.2. The normalized spacial score (nSPS) is 16.2. The molecule has 2 aromatic carbocycles. The number of halogens is 1. The molecule has 2 aromatic rings. The van der Waals surface area contributed by atoms with Crippen molar-refractivity contribution >= 4 is 21.6 Å². The number of hydrogen-bond acceptors (Lipinski definition) is 4. The third kappa shape index (κ3) is 6.04. The van der Waals surface area contributed by atoms with Gasteiger partial charge in [0, 0.05) is 31.4 Å². The molecule has 1 aliphatic rings. The van der Waals surface area contributed by atoms with Crippen LogP contribution in [0.15, 0.2) is 53.4 Å². The van der Waals surface area contributed by atoms with E-state index >= 15 is 0 Å². The van der Waals surface area contributed by atoms with E-state index in [-0.39, 0.29) is 16.8 Å². The number of piperidine rings is 1. The van der Waals surface area contributed by atoms with Gasteiger partial charge in [-0.05, 0) is 55.2 Å². The van der Waals surface area contributed by atoms with E-state index in [1.165, 1.54) is 12.1 Å². The Balaban J connectivity index is 1.62. The molecular weight excluding hydrogens is 417 g/mol. The zero-order valence-corrected chi connectivity index (χ0v) is 18.8. The van der Waals surface area contributed by atoms with E-state index in [1.807, 2.05) is 24.3 Å². The van der Waals surface area contributed by atoms with E-state index in [9.17, 15) is 17.6 Å². The quantitative estimate of drug-likeness (QED) is 0.649. The van der Waals surface area contributed by atoms with Gasteiger partial charge in [-0.1, -0.05) is 32.4 Å². The first kappa shape index (κ1) is 23.2. The minimum atomic E-state index is -3.70. The van der Waals surface area contributed by atoms with Gasteiger partial charge in [-0.15, -0.1) is 0 Å². The Morgan fingerprint density at radius 2 is 1.77 bits per heavy atom. The molecule has 0 saturated carbocycles. The number of carbonyl (C=O) groups excluding carboxylic acids is 1. The van der Waals surface area contributed by atoms with Gasteiger partial charge < -0.3 is 10.2 Å². The van der Waals surface area contributed by atoms with Crippen LogP contribution in [0, 0.1) is 11.7 Å². The average molecular weight is 448 g/mol. The predicted octanol–water partition coefficient (Wildman–Crippen LogP) is 3.55. The molecule has 6 nitrogen and oxygen atoms in total. The van der Waals surface area contributed by atoms with Crippen LogP contribution in [-0.4, -0.2) is 40.0 Å². The van der Waals surface area contributed by atoms with Crippen molar-refractivity contribution in [3.63, 3.8) is 0 Å². The lowest BCUT2D eigenvalue weighted by atomic mass is 10.0. The van der Waals surface area contributed by atoms with Crippen LogP contribution in [0.25, 0.3) is 0 Å². The predicted molar refractivity (Wildman–Crippen MR) is 120 cm³/mol. The number of hydrogen-bond donors (Lipinski definition) is 2. The Kier molecular flexibility index (Phi) is 7.67. The lowest BCUT2D eigenvalue weighted by Gasteiger charge is -2.34. The second-order valence-corrected chi connectivity index (χ2v) is 9.79. The standard InChI is InChI=1S/C23H30FN3O3S/c1-3-17(2)16-25-23(28)21-6-4-5-7-22(21)27-14-12-19(13-15-27)26-31(29,30)20-10-8-18(24)9-11-20/h4-11,17,19,26H,3,12-16H2,1-2H3,(H,25,28). The summed E-state index contributed by atoms with van der Waals surface area (Å²) in [6.45, 7) is 6.10. The summed E-state index contributed by atoms with van der Waals surface area (Å²) in [7, 11) is -3.70. The van der Waals surface area contributed by atoms with Crippen LogP contribution in [0.1, 0.15) is 43.5 Å². The van der Waals surface area contributed by atoms with Gasteiger partial charge in [0.25, 0.3) is 5.91 Å². The summed E-state index contributed by atoms with van der Waals surface area (Å²) < 4.78 is 40.9. The van der Waals surface area contributed by atoms with Crippen molar-refractivity contribution in [1.29, 1.82) is 0 Å². The van der Waals surface area contributed by atoms with Crippen LogP contribution in [0.3, 0.4) is 0 Å². The molecule has 3 rings (SSSR count). The molecule has 0 aromatic heterocycles. The number of nitrogens with one attached hydrogen (secondary N) is 2. The summed E-state index contributed by atoms with van der Waals surface area (Å²) in [6, 6.07) is 12.1. The van der Waals surface area contributed by atoms with Gasteiger partial charge in [0.15, 0.2) is 0 Å². The maximum Gasteiger partial charge on any atom is 0.253 e. The molecule has 0 bridgehead atoms. The molecule has 1 fully saturated rings. The second kappa shape index (κ2) is 10.2. The molecule has 1 atom stereocenters. The Hall–Kier alpha value is -2.45. The highest BCUT2D eigenvalue weighted by Gasteiger charge is 2.26. The largest absolute Gasteiger partial charge is 0.371 e. The molecule has 31 heavy (non-hydrogen) atoms. The molecular formula is C23H30FN3O3S. The number of carbonyl (C=O) groups is 1. The fourth-order valence-corrected chi connectivity index (χ4v) is 4.89. The highest BCUT2D eigenvalue weighted by Crippen LogP contribution is 2.25. The van der Waals surface area contributed by atoms with Crippen LogP contribution in [0.4, 0.5) is 10.1 Å². The van der Waals surface area contributed by atoms with Crippen LogP contribution in [0.5, 0.6) is 0 Å². The molecule has 8 heteroatoms. The van der Waals surface area contributed by atoms with Gasteiger partial charge >= 0.3 is 0 Å². The van der Waals surface area contributed by atoms with E-state index in [1.54, 1.807) is 0 Å². The average Bonchev–Trinajstić information content (AvgIpc) is 2.77. The summed E-state index contributed by atoms with van der Waals surface area (Å²) in [6.07, 6.45) is 2.23. The molecule has 0 aliphatic carbocycles. The molecule has 1 aliphatic heterocycles. The molecule has 0 radical (unpaired) electrons. The van der Waals surface area contributed by atoms with E-state index < -0.39 is 15.8 Å². The monoisotopic (exact) mass is 447 g/mol. The summed E-state index contributed by atoms with van der Waals surface area (Å²) in [5.41, 5.74) is 1.50. The van der Waals surface area contributed by atoms with E-state index in [2.05, 4.69) is 28.8 Å². The summed E-state index contributed by atoms with van der Waals surface area (Å²) >= 11 is 0. The smallest absolute Gasteiger partial charge is 0.253 e. The first-order valence-corrected chi connectivity index (χ1v) is 12.2. The molecule has 1 heterocycles. The van der Waals surface area contributed by atoms with Gasteiger partial charge in [0.2, 0.25) is 10.0 Å². The molecule has 1 unspecified atom stereocenters. The Labute approximate surface area is 183 Å². The fraction of sp³-hybridized carbons (Fsp3) is 0.435. The van der Waals surface area contributed by atoms with Crippen LogP contribution in [0.2, 0.25) is 0 Å². The minimum absolute atomic E-state index is 0.0552. The number of sulfonamides is 1. The Morgan fingerprint density at radius 3 is 2.42 bits per heavy atom. The maximum absolute atomic E-state index is 13.1. The Bertz CT molecular complexity index is 987. The van der Waals surface area contributed by atoms with Crippen molar-refractivity contribution in [3.8, 4) is 0 Å². The first-order chi connectivity index (χ1) is 14.8. The number of nitrogens with zero attached hydrogens (tertiary/aromatic N) is 1. The van der Waals surface area contributed by atoms with Crippen molar-refractivity contribution in [2.24, 2.45) is 5.92 Å². The van der Waals surface area contributed by atoms with Crippen LogP contribution in [-0.2, 0) is 10.0 Å². The second-order valence-electron chi connectivity index (χ2n) is 8.08. The van der Waals surface area contributed by atoms with Crippen molar-refractivity contribution in [2.75, 3.05) is 24.5 Å². The molecule has 168 valence electrons. The third-order valence-electron chi connectivity index (χ3n) is 5.74. The molecule has 2 N–H and O–H groups in total. The zero-order valence-electron chi connectivity index (χ0n) is 18.0. The number of benzene rings is 2. The van der Waals surface area contributed by atoms with E-state index in [4.69, 9.17) is 0 Å².